The van der Waals surface area contributed by atoms with Crippen LogP contribution in [0.15, 0.2) is 34.9 Å². The van der Waals surface area contributed by atoms with Gasteiger partial charge in [0.25, 0.3) is 0 Å². The van der Waals surface area contributed by atoms with Crippen LogP contribution >= 0.6 is 0 Å². The van der Waals surface area contributed by atoms with E-state index in [1.165, 1.54) is 0 Å². The first kappa shape index (κ1) is 21.5. The Labute approximate surface area is 178 Å². The van der Waals surface area contributed by atoms with E-state index in [-0.39, 0.29) is 29.0 Å². The number of rotatable bonds is 2. The molecule has 2 N–H and O–H groups in total. The molecule has 0 radical (unpaired) electrons. The van der Waals surface area contributed by atoms with E-state index in [0.717, 1.165) is 6.42 Å². The molecule has 164 valence electrons. The molecule has 0 aromatic rings. The highest BCUT2D eigenvalue weighted by Gasteiger charge is 2.76. The molecule has 0 aromatic heterocycles. The van der Waals surface area contributed by atoms with Crippen LogP contribution in [0.1, 0.15) is 54.9 Å². The summed E-state index contributed by atoms with van der Waals surface area (Å²) in [6.07, 6.45) is 3.74. The molecule has 5 heteroatoms. The summed E-state index contributed by atoms with van der Waals surface area (Å²) in [4.78, 5) is 26.7. The second kappa shape index (κ2) is 6.39. The largest absolute Gasteiger partial charge is 0.451 e. The Balaban J connectivity index is 1.89. The van der Waals surface area contributed by atoms with Gasteiger partial charge >= 0.3 is 5.97 Å². The van der Waals surface area contributed by atoms with Crippen LogP contribution in [0.25, 0.3) is 0 Å². The second-order valence-corrected chi connectivity index (χ2v) is 10.6. The van der Waals surface area contributed by atoms with Crippen LogP contribution in [0.5, 0.6) is 0 Å². The van der Waals surface area contributed by atoms with Gasteiger partial charge in [-0.15, -0.1) is 0 Å². The van der Waals surface area contributed by atoms with Crippen molar-refractivity contribution in [1.29, 1.82) is 0 Å². The maximum Gasteiger partial charge on any atom is 0.334 e. The summed E-state index contributed by atoms with van der Waals surface area (Å²) in [7, 11) is 0. The molecule has 4 rings (SSSR count). The zero-order chi connectivity index (χ0) is 22.4. The van der Waals surface area contributed by atoms with Gasteiger partial charge < -0.3 is 14.9 Å². The van der Waals surface area contributed by atoms with Crippen molar-refractivity contribution >= 4 is 11.8 Å². The van der Waals surface area contributed by atoms with Gasteiger partial charge in [0, 0.05) is 11.5 Å². The highest BCUT2D eigenvalue weighted by Crippen LogP contribution is 2.71. The van der Waals surface area contributed by atoms with Crippen molar-refractivity contribution in [2.75, 3.05) is 0 Å². The maximum atomic E-state index is 14.1. The number of ether oxygens (including phenoxy) is 1. The molecule has 30 heavy (non-hydrogen) atoms. The van der Waals surface area contributed by atoms with Crippen molar-refractivity contribution in [1.82, 2.24) is 0 Å². The molecule has 4 aliphatic carbocycles. The molecule has 2 saturated carbocycles. The molecule has 2 fully saturated rings. The number of ketones is 1. The third-order valence-corrected chi connectivity index (χ3v) is 8.82. The Kier molecular flexibility index (Phi) is 4.58. The van der Waals surface area contributed by atoms with Crippen molar-refractivity contribution in [2.45, 2.75) is 72.7 Å². The molecule has 0 heterocycles. The zero-order valence-electron chi connectivity index (χ0n) is 19.0. The summed E-state index contributed by atoms with van der Waals surface area (Å²) in [6, 6.07) is 0. The number of aliphatic hydroxyl groups excluding tert-OH is 1. The molecular formula is C25H34O5. The van der Waals surface area contributed by atoms with Crippen LogP contribution in [-0.4, -0.2) is 39.8 Å². The Morgan fingerprint density at radius 3 is 2.50 bits per heavy atom. The molecular weight excluding hydrogens is 380 g/mol. The van der Waals surface area contributed by atoms with Gasteiger partial charge in [0.05, 0.1) is 5.41 Å². The van der Waals surface area contributed by atoms with E-state index in [0.29, 0.717) is 22.6 Å². The van der Waals surface area contributed by atoms with Crippen LogP contribution < -0.4 is 0 Å². The van der Waals surface area contributed by atoms with E-state index < -0.39 is 29.2 Å². The van der Waals surface area contributed by atoms with Gasteiger partial charge in [0.15, 0.2) is 17.5 Å². The second-order valence-electron chi connectivity index (χ2n) is 10.6. The van der Waals surface area contributed by atoms with Gasteiger partial charge in [-0.3, -0.25) is 4.79 Å². The average Bonchev–Trinajstić information content (AvgIpc) is 3.17. The molecule has 0 unspecified atom stereocenters. The lowest BCUT2D eigenvalue weighted by molar-refractivity contribution is -0.201. The SMILES string of the molecule is CC=C(C)C(=O)O[C@H]1C(C)=C[C@@]23C(=O)[C@@H](C=C(C)[C@@H](O)[C@]12O)[C@H]1[C@@H](C[C@H]3C)C1(C)C. The van der Waals surface area contributed by atoms with E-state index in [9.17, 15) is 19.8 Å². The Morgan fingerprint density at radius 2 is 1.90 bits per heavy atom. The first-order chi connectivity index (χ1) is 13.9. The van der Waals surface area contributed by atoms with E-state index in [1.54, 1.807) is 33.8 Å². The number of carbonyl (C=O) groups excluding carboxylic acids is 2. The average molecular weight is 415 g/mol. The van der Waals surface area contributed by atoms with Gasteiger partial charge in [-0.2, -0.15) is 0 Å². The zero-order valence-corrected chi connectivity index (χ0v) is 19.0. The fourth-order valence-electron chi connectivity index (χ4n) is 6.89. The van der Waals surface area contributed by atoms with Gasteiger partial charge in [-0.05, 0) is 68.4 Å². The van der Waals surface area contributed by atoms with Crippen molar-refractivity contribution in [2.24, 2.45) is 34.5 Å². The highest BCUT2D eigenvalue weighted by molar-refractivity contribution is 5.95. The van der Waals surface area contributed by atoms with Gasteiger partial charge in [-0.1, -0.05) is 39.0 Å². The van der Waals surface area contributed by atoms with Crippen LogP contribution in [0.3, 0.4) is 0 Å². The lowest BCUT2D eigenvalue weighted by atomic mass is 9.59. The van der Waals surface area contributed by atoms with Crippen molar-refractivity contribution in [3.63, 3.8) is 0 Å². The number of esters is 1. The van der Waals surface area contributed by atoms with Crippen LogP contribution in [0.2, 0.25) is 0 Å². The number of hydrogen-bond acceptors (Lipinski definition) is 5. The first-order valence-electron chi connectivity index (χ1n) is 11.0. The number of aliphatic hydroxyl groups is 2. The number of allylic oxidation sites excluding steroid dienone is 2. The first-order valence-corrected chi connectivity index (χ1v) is 11.0. The van der Waals surface area contributed by atoms with Gasteiger partial charge in [-0.25, -0.2) is 4.79 Å². The number of carbonyl (C=O) groups is 2. The third kappa shape index (κ3) is 2.36. The van der Waals surface area contributed by atoms with Crippen LogP contribution in [-0.2, 0) is 14.3 Å². The van der Waals surface area contributed by atoms with Gasteiger partial charge in [0.2, 0.25) is 0 Å². The normalized spacial score (nSPS) is 46.7. The molecule has 1 spiro atoms. The van der Waals surface area contributed by atoms with E-state index >= 15 is 0 Å². The Morgan fingerprint density at radius 1 is 1.27 bits per heavy atom. The summed E-state index contributed by atoms with van der Waals surface area (Å²) < 4.78 is 5.76. The fourth-order valence-corrected chi connectivity index (χ4v) is 6.89. The summed E-state index contributed by atoms with van der Waals surface area (Å²) in [5, 5.41) is 23.6. The summed E-state index contributed by atoms with van der Waals surface area (Å²) >= 11 is 0. The molecule has 8 atom stereocenters. The monoisotopic (exact) mass is 414 g/mol. The minimum Gasteiger partial charge on any atom is -0.451 e. The molecule has 2 bridgehead atoms. The summed E-state index contributed by atoms with van der Waals surface area (Å²) in [6.45, 7) is 13.3. The molecule has 0 saturated heterocycles. The molecule has 0 aromatic carbocycles. The van der Waals surface area contributed by atoms with Crippen molar-refractivity contribution in [3.05, 3.63) is 34.9 Å². The Bertz CT molecular complexity index is 908. The van der Waals surface area contributed by atoms with E-state index in [1.807, 2.05) is 19.1 Å². The van der Waals surface area contributed by atoms with Crippen LogP contribution in [0, 0.1) is 34.5 Å². The quantitative estimate of drug-likeness (QED) is 0.411. The predicted molar refractivity (Wildman–Crippen MR) is 113 cm³/mol. The van der Waals surface area contributed by atoms with Gasteiger partial charge in [0.1, 0.15) is 6.10 Å². The summed E-state index contributed by atoms with van der Waals surface area (Å²) in [5.41, 5.74) is -1.53. The number of Topliss-reactive ketones (excluding diaryl/α,β-unsaturated/α-hetero) is 1. The number of hydrogen-bond donors (Lipinski definition) is 2. The molecule has 0 aliphatic heterocycles. The third-order valence-electron chi connectivity index (χ3n) is 8.82. The topological polar surface area (TPSA) is 83.8 Å². The minimum absolute atomic E-state index is 0.0490. The van der Waals surface area contributed by atoms with Crippen LogP contribution in [0.4, 0.5) is 0 Å². The molecule has 4 aliphatic rings. The Hall–Kier alpha value is -1.72. The lowest BCUT2D eigenvalue weighted by Crippen LogP contribution is -2.65. The predicted octanol–water partition coefficient (Wildman–Crippen LogP) is 3.36. The smallest absolute Gasteiger partial charge is 0.334 e. The fraction of sp³-hybridized carbons (Fsp3) is 0.680. The number of fused-ring (bicyclic) bond motifs is 3. The van der Waals surface area contributed by atoms with E-state index in [4.69, 9.17) is 4.74 Å². The van der Waals surface area contributed by atoms with E-state index in [2.05, 4.69) is 13.8 Å². The maximum absolute atomic E-state index is 14.1. The summed E-state index contributed by atoms with van der Waals surface area (Å²) in [5.74, 6) is -0.541. The van der Waals surface area contributed by atoms with Crippen molar-refractivity contribution in [3.8, 4) is 0 Å². The van der Waals surface area contributed by atoms with Crippen molar-refractivity contribution < 1.29 is 24.5 Å². The molecule has 5 nitrogen and oxygen atoms in total. The minimum atomic E-state index is -1.92. The lowest BCUT2D eigenvalue weighted by Gasteiger charge is -2.48. The molecule has 0 amide bonds. The highest BCUT2D eigenvalue weighted by atomic mass is 16.6. The standard InChI is InChI=1S/C25H34O5/c1-8-12(2)22(28)30-21-14(4)11-24-15(5)10-17-18(23(17,6)7)16(20(24)27)9-13(3)19(26)25(21,24)29/h8-9,11,15-19,21,26,29H,10H2,1-7H3/t15-,16+,17-,18+,19-,21+,24-,25+/m1/s1.